The Kier molecular flexibility index (Phi) is 8.52. The van der Waals surface area contributed by atoms with Crippen molar-refractivity contribution in [1.29, 1.82) is 0 Å². The van der Waals surface area contributed by atoms with Gasteiger partial charge in [0, 0.05) is 40.2 Å². The van der Waals surface area contributed by atoms with Gasteiger partial charge in [-0.05, 0) is 17.5 Å². The van der Waals surface area contributed by atoms with Gasteiger partial charge in [0.15, 0.2) is 0 Å². The highest BCUT2D eigenvalue weighted by molar-refractivity contribution is 5.87. The van der Waals surface area contributed by atoms with E-state index in [1.165, 1.54) is 6.92 Å². The third-order valence-corrected chi connectivity index (χ3v) is 4.38. The van der Waals surface area contributed by atoms with Crippen LogP contribution in [0.25, 0.3) is 0 Å². The first-order chi connectivity index (χ1) is 13.1. The normalized spacial score (nSPS) is 11.6. The molecule has 5 heteroatoms. The fourth-order valence-corrected chi connectivity index (χ4v) is 2.95. The van der Waals surface area contributed by atoms with Crippen molar-refractivity contribution in [3.63, 3.8) is 0 Å². The SMILES string of the molecule is COCCCNC(=O)C(Cc1ccccc1)N(Cc1ccccc1)C(C)=O. The Hall–Kier alpha value is -2.66. The van der Waals surface area contributed by atoms with Crippen LogP contribution >= 0.6 is 0 Å². The third kappa shape index (κ3) is 6.87. The molecule has 0 aliphatic carbocycles. The van der Waals surface area contributed by atoms with Crippen LogP contribution in [0.4, 0.5) is 0 Å². The molecule has 0 saturated carbocycles. The van der Waals surface area contributed by atoms with Crippen LogP contribution in [0.1, 0.15) is 24.5 Å². The number of rotatable bonds is 10. The second kappa shape index (κ2) is 11.1. The molecule has 5 nitrogen and oxygen atoms in total. The van der Waals surface area contributed by atoms with Crippen LogP contribution in [-0.2, 0) is 27.3 Å². The lowest BCUT2D eigenvalue weighted by Crippen LogP contribution is -2.50. The van der Waals surface area contributed by atoms with Gasteiger partial charge < -0.3 is 15.0 Å². The lowest BCUT2D eigenvalue weighted by atomic mass is 10.0. The van der Waals surface area contributed by atoms with Gasteiger partial charge in [-0.25, -0.2) is 0 Å². The van der Waals surface area contributed by atoms with E-state index in [1.807, 2.05) is 60.7 Å². The maximum atomic E-state index is 12.9. The summed E-state index contributed by atoms with van der Waals surface area (Å²) in [6, 6.07) is 19.0. The number of carbonyl (C=O) groups is 2. The van der Waals surface area contributed by atoms with E-state index in [-0.39, 0.29) is 11.8 Å². The maximum absolute atomic E-state index is 12.9. The molecule has 2 aromatic rings. The van der Waals surface area contributed by atoms with E-state index in [4.69, 9.17) is 4.74 Å². The maximum Gasteiger partial charge on any atom is 0.243 e. The molecule has 0 bridgehead atoms. The first-order valence-corrected chi connectivity index (χ1v) is 9.23. The molecular weight excluding hydrogens is 340 g/mol. The number of hydrogen-bond donors (Lipinski definition) is 1. The standard InChI is InChI=1S/C22H28N2O3/c1-18(25)24(17-20-12-7-4-8-13-20)21(16-19-10-5-3-6-11-19)22(26)23-14-9-15-27-2/h3-8,10-13,21H,9,14-17H2,1-2H3,(H,23,26). The van der Waals surface area contributed by atoms with Gasteiger partial charge in [-0.3, -0.25) is 9.59 Å². The number of amides is 2. The number of ether oxygens (including phenoxy) is 1. The van der Waals surface area contributed by atoms with Gasteiger partial charge in [-0.15, -0.1) is 0 Å². The topological polar surface area (TPSA) is 58.6 Å². The van der Waals surface area contributed by atoms with Gasteiger partial charge >= 0.3 is 0 Å². The highest BCUT2D eigenvalue weighted by Gasteiger charge is 2.28. The van der Waals surface area contributed by atoms with E-state index >= 15 is 0 Å². The summed E-state index contributed by atoms with van der Waals surface area (Å²) in [5.74, 6) is -0.257. The van der Waals surface area contributed by atoms with E-state index in [2.05, 4.69) is 5.32 Å². The third-order valence-electron chi connectivity index (χ3n) is 4.38. The van der Waals surface area contributed by atoms with Gasteiger partial charge in [0.25, 0.3) is 0 Å². The van der Waals surface area contributed by atoms with Crippen molar-refractivity contribution in [2.24, 2.45) is 0 Å². The van der Waals surface area contributed by atoms with Crippen molar-refractivity contribution < 1.29 is 14.3 Å². The van der Waals surface area contributed by atoms with Gasteiger partial charge in [0.1, 0.15) is 6.04 Å². The van der Waals surface area contributed by atoms with Crippen molar-refractivity contribution in [3.8, 4) is 0 Å². The Bertz CT molecular complexity index is 704. The summed E-state index contributed by atoms with van der Waals surface area (Å²) >= 11 is 0. The van der Waals surface area contributed by atoms with E-state index in [1.54, 1.807) is 12.0 Å². The smallest absolute Gasteiger partial charge is 0.243 e. The quantitative estimate of drug-likeness (QED) is 0.656. The largest absolute Gasteiger partial charge is 0.385 e. The summed E-state index contributed by atoms with van der Waals surface area (Å²) in [6.07, 6.45) is 1.21. The molecule has 0 aliphatic rings. The van der Waals surface area contributed by atoms with E-state index < -0.39 is 6.04 Å². The first kappa shape index (κ1) is 20.6. The zero-order valence-corrected chi connectivity index (χ0v) is 16.1. The summed E-state index contributed by atoms with van der Waals surface area (Å²) < 4.78 is 5.03. The summed E-state index contributed by atoms with van der Waals surface area (Å²) in [4.78, 5) is 26.9. The van der Waals surface area contributed by atoms with Crippen molar-refractivity contribution >= 4 is 11.8 Å². The second-order valence-corrected chi connectivity index (χ2v) is 6.48. The molecule has 0 radical (unpaired) electrons. The fourth-order valence-electron chi connectivity index (χ4n) is 2.95. The first-order valence-electron chi connectivity index (χ1n) is 9.23. The Morgan fingerprint density at radius 1 is 1.00 bits per heavy atom. The molecule has 1 N–H and O–H groups in total. The molecule has 0 aliphatic heterocycles. The fraction of sp³-hybridized carbons (Fsp3) is 0.364. The molecule has 1 unspecified atom stereocenters. The molecule has 27 heavy (non-hydrogen) atoms. The van der Waals surface area contributed by atoms with E-state index in [0.29, 0.717) is 26.1 Å². The minimum atomic E-state index is -0.562. The molecule has 1 atom stereocenters. The number of benzene rings is 2. The Morgan fingerprint density at radius 3 is 2.15 bits per heavy atom. The van der Waals surface area contributed by atoms with E-state index in [9.17, 15) is 9.59 Å². The Labute approximate surface area is 161 Å². The molecule has 144 valence electrons. The van der Waals surface area contributed by atoms with Gasteiger partial charge in [-0.2, -0.15) is 0 Å². The number of nitrogens with zero attached hydrogens (tertiary/aromatic N) is 1. The zero-order chi connectivity index (χ0) is 19.5. The molecule has 0 fully saturated rings. The van der Waals surface area contributed by atoms with Crippen LogP contribution < -0.4 is 5.32 Å². The monoisotopic (exact) mass is 368 g/mol. The van der Waals surface area contributed by atoms with Gasteiger partial charge in [0.2, 0.25) is 11.8 Å². The van der Waals surface area contributed by atoms with Crippen molar-refractivity contribution in [3.05, 3.63) is 71.8 Å². The predicted octanol–water partition coefficient (Wildman–Crippen LogP) is 2.80. The van der Waals surface area contributed by atoms with Crippen molar-refractivity contribution in [2.45, 2.75) is 32.4 Å². The number of nitrogens with one attached hydrogen (secondary N) is 1. The molecule has 0 saturated heterocycles. The highest BCUT2D eigenvalue weighted by atomic mass is 16.5. The summed E-state index contributed by atoms with van der Waals surface area (Å²) in [6.45, 7) is 3.03. The predicted molar refractivity (Wildman–Crippen MR) is 106 cm³/mol. The summed E-state index contributed by atoms with van der Waals surface area (Å²) in [5.41, 5.74) is 2.02. The lowest BCUT2D eigenvalue weighted by Gasteiger charge is -2.30. The molecule has 0 spiro atoms. The summed E-state index contributed by atoms with van der Waals surface area (Å²) in [5, 5.41) is 2.95. The average molecular weight is 368 g/mol. The van der Waals surface area contributed by atoms with Gasteiger partial charge in [0.05, 0.1) is 0 Å². The van der Waals surface area contributed by atoms with Crippen LogP contribution in [0.2, 0.25) is 0 Å². The van der Waals surface area contributed by atoms with Crippen LogP contribution in [0, 0.1) is 0 Å². The number of hydrogen-bond acceptors (Lipinski definition) is 3. The average Bonchev–Trinajstić information content (AvgIpc) is 2.69. The van der Waals surface area contributed by atoms with Crippen LogP contribution in [0.15, 0.2) is 60.7 Å². The van der Waals surface area contributed by atoms with Crippen molar-refractivity contribution in [1.82, 2.24) is 10.2 Å². The zero-order valence-electron chi connectivity index (χ0n) is 16.1. The molecule has 0 aromatic heterocycles. The summed E-state index contributed by atoms with van der Waals surface area (Å²) in [7, 11) is 1.64. The molecule has 2 amide bonds. The lowest BCUT2D eigenvalue weighted by molar-refractivity contribution is -0.139. The minimum Gasteiger partial charge on any atom is -0.385 e. The number of methoxy groups -OCH3 is 1. The second-order valence-electron chi connectivity index (χ2n) is 6.48. The Balaban J connectivity index is 2.18. The van der Waals surface area contributed by atoms with Gasteiger partial charge in [-0.1, -0.05) is 60.7 Å². The van der Waals surface area contributed by atoms with E-state index in [0.717, 1.165) is 17.5 Å². The van der Waals surface area contributed by atoms with Crippen LogP contribution in [0.5, 0.6) is 0 Å². The number of carbonyl (C=O) groups excluding carboxylic acids is 2. The molecule has 2 rings (SSSR count). The molecule has 2 aromatic carbocycles. The molecule has 0 heterocycles. The Morgan fingerprint density at radius 2 is 1.59 bits per heavy atom. The highest BCUT2D eigenvalue weighted by Crippen LogP contribution is 2.14. The van der Waals surface area contributed by atoms with Crippen LogP contribution in [-0.4, -0.2) is 43.0 Å². The van der Waals surface area contributed by atoms with Crippen LogP contribution in [0.3, 0.4) is 0 Å². The molecular formula is C22H28N2O3. The minimum absolute atomic E-state index is 0.119. The van der Waals surface area contributed by atoms with Crippen molar-refractivity contribution in [2.75, 3.05) is 20.3 Å².